The molecule has 0 fully saturated rings. The van der Waals surface area contributed by atoms with Crippen molar-refractivity contribution in [1.82, 2.24) is 20.1 Å². The molecule has 0 bridgehead atoms. The molecule has 6 heteroatoms. The van der Waals surface area contributed by atoms with Gasteiger partial charge in [0.1, 0.15) is 11.3 Å². The van der Waals surface area contributed by atoms with E-state index in [4.69, 9.17) is 4.42 Å². The van der Waals surface area contributed by atoms with Crippen LogP contribution in [0, 0.1) is 6.92 Å². The quantitative estimate of drug-likeness (QED) is 0.736. The van der Waals surface area contributed by atoms with Crippen LogP contribution in [0.1, 0.15) is 21.9 Å². The number of hydrogen-bond acceptors (Lipinski definition) is 5. The second kappa shape index (κ2) is 5.32. The molecular formula is C15H14N4O2. The summed E-state index contributed by atoms with van der Waals surface area (Å²) in [4.78, 5) is 18.1. The lowest BCUT2D eigenvalue weighted by Gasteiger charge is -2.14. The molecule has 2 aromatic heterocycles. The Labute approximate surface area is 121 Å². The molecule has 0 saturated heterocycles. The zero-order chi connectivity index (χ0) is 14.8. The van der Waals surface area contributed by atoms with E-state index in [2.05, 4.69) is 15.2 Å². The Morgan fingerprint density at radius 1 is 1.24 bits per heavy atom. The molecule has 0 saturated carbocycles. The third kappa shape index (κ3) is 2.74. The number of rotatable bonds is 3. The molecule has 3 aromatic rings. The fourth-order valence-corrected chi connectivity index (χ4v) is 2.01. The Morgan fingerprint density at radius 2 is 2.10 bits per heavy atom. The topological polar surface area (TPSA) is 72.1 Å². The second-order valence-corrected chi connectivity index (χ2v) is 4.87. The van der Waals surface area contributed by atoms with Crippen LogP contribution < -0.4 is 0 Å². The number of amides is 1. The van der Waals surface area contributed by atoms with Crippen molar-refractivity contribution in [3.63, 3.8) is 0 Å². The summed E-state index contributed by atoms with van der Waals surface area (Å²) >= 11 is 0. The molecule has 0 unspecified atom stereocenters. The van der Waals surface area contributed by atoms with Crippen molar-refractivity contribution in [2.24, 2.45) is 0 Å². The average Bonchev–Trinajstić information content (AvgIpc) is 2.98. The molecule has 21 heavy (non-hydrogen) atoms. The van der Waals surface area contributed by atoms with E-state index in [1.165, 1.54) is 4.90 Å². The van der Waals surface area contributed by atoms with Crippen LogP contribution in [0.2, 0.25) is 0 Å². The predicted octanol–water partition coefficient (Wildman–Crippen LogP) is 2.20. The molecule has 0 spiro atoms. The first-order chi connectivity index (χ1) is 10.1. The van der Waals surface area contributed by atoms with Crippen LogP contribution in [0.15, 0.2) is 41.0 Å². The Balaban J connectivity index is 1.86. The molecule has 1 aromatic carbocycles. The summed E-state index contributed by atoms with van der Waals surface area (Å²) in [7, 11) is 1.68. The maximum atomic E-state index is 12.3. The van der Waals surface area contributed by atoms with E-state index in [9.17, 15) is 4.79 Å². The predicted molar refractivity (Wildman–Crippen MR) is 76.6 cm³/mol. The summed E-state index contributed by atoms with van der Waals surface area (Å²) in [6.45, 7) is 2.33. The van der Waals surface area contributed by atoms with Gasteiger partial charge >= 0.3 is 0 Å². The fourth-order valence-electron chi connectivity index (χ4n) is 2.01. The number of aryl methyl sites for hydroxylation is 1. The summed E-state index contributed by atoms with van der Waals surface area (Å²) in [5.41, 5.74) is 2.40. The molecule has 0 atom stereocenters. The van der Waals surface area contributed by atoms with Gasteiger partial charge in [0.15, 0.2) is 0 Å². The highest BCUT2D eigenvalue weighted by Crippen LogP contribution is 2.12. The van der Waals surface area contributed by atoms with Gasteiger partial charge in [-0.05, 0) is 36.8 Å². The van der Waals surface area contributed by atoms with Gasteiger partial charge in [-0.15, -0.1) is 10.2 Å². The Morgan fingerprint density at radius 3 is 2.86 bits per heavy atom. The Hall–Kier alpha value is -2.76. The number of furan rings is 1. The lowest BCUT2D eigenvalue weighted by molar-refractivity contribution is 0.0762. The molecule has 0 N–H and O–H groups in total. The number of carbonyl (C=O) groups is 1. The number of fused-ring (bicyclic) bond motifs is 1. The Kier molecular flexibility index (Phi) is 3.35. The van der Waals surface area contributed by atoms with Crippen LogP contribution in [-0.2, 0) is 6.54 Å². The van der Waals surface area contributed by atoms with Gasteiger partial charge in [0.2, 0.25) is 5.82 Å². The summed E-state index contributed by atoms with van der Waals surface area (Å²) < 4.78 is 5.23. The normalized spacial score (nSPS) is 10.8. The van der Waals surface area contributed by atoms with Gasteiger partial charge in [0.05, 0.1) is 18.3 Å². The lowest BCUT2D eigenvalue weighted by Crippen LogP contribution is -2.28. The largest absolute Gasteiger partial charge is 0.467 e. The summed E-state index contributed by atoms with van der Waals surface area (Å²) in [6.07, 6.45) is 1.57. The Bertz CT molecular complexity index is 783. The molecule has 106 valence electrons. The minimum absolute atomic E-state index is 0.0853. The smallest absolute Gasteiger partial charge is 0.293 e. The van der Waals surface area contributed by atoms with E-state index in [0.29, 0.717) is 23.3 Å². The maximum Gasteiger partial charge on any atom is 0.293 e. The van der Waals surface area contributed by atoms with Crippen molar-refractivity contribution >= 4 is 16.9 Å². The van der Waals surface area contributed by atoms with Crippen molar-refractivity contribution in [1.29, 1.82) is 0 Å². The number of aromatic nitrogens is 3. The van der Waals surface area contributed by atoms with Gasteiger partial charge in [-0.2, -0.15) is 0 Å². The van der Waals surface area contributed by atoms with Gasteiger partial charge in [-0.25, -0.2) is 4.98 Å². The van der Waals surface area contributed by atoms with E-state index >= 15 is 0 Å². The van der Waals surface area contributed by atoms with E-state index in [-0.39, 0.29) is 11.7 Å². The fraction of sp³-hybridized carbons (Fsp3) is 0.200. The van der Waals surface area contributed by atoms with Crippen LogP contribution in [-0.4, -0.2) is 33.0 Å². The van der Waals surface area contributed by atoms with E-state index in [0.717, 1.165) is 5.56 Å². The molecule has 1 amide bonds. The van der Waals surface area contributed by atoms with Crippen molar-refractivity contribution < 1.29 is 9.21 Å². The van der Waals surface area contributed by atoms with E-state index < -0.39 is 0 Å². The van der Waals surface area contributed by atoms with Crippen molar-refractivity contribution in [2.75, 3.05) is 7.05 Å². The minimum Gasteiger partial charge on any atom is -0.467 e. The summed E-state index contributed by atoms with van der Waals surface area (Å²) in [5.74, 6) is 0.500. The first-order valence-corrected chi connectivity index (χ1v) is 6.52. The van der Waals surface area contributed by atoms with Gasteiger partial charge in [-0.3, -0.25) is 4.79 Å². The van der Waals surface area contributed by atoms with Crippen molar-refractivity contribution in [3.05, 3.63) is 53.7 Å². The van der Waals surface area contributed by atoms with Crippen molar-refractivity contribution in [3.8, 4) is 0 Å². The monoisotopic (exact) mass is 282 g/mol. The van der Waals surface area contributed by atoms with Gasteiger partial charge in [-0.1, -0.05) is 6.07 Å². The standard InChI is InChI=1S/C15H14N4O2/c1-10-5-6-12-13(8-10)16-14(18-17-12)15(20)19(2)9-11-4-3-7-21-11/h3-8H,9H2,1-2H3. The summed E-state index contributed by atoms with van der Waals surface area (Å²) in [5, 5.41) is 7.94. The minimum atomic E-state index is -0.290. The van der Waals surface area contributed by atoms with Gasteiger partial charge in [0, 0.05) is 7.05 Å². The van der Waals surface area contributed by atoms with Crippen LogP contribution in [0.3, 0.4) is 0 Å². The first-order valence-electron chi connectivity index (χ1n) is 6.52. The zero-order valence-electron chi connectivity index (χ0n) is 11.8. The van der Waals surface area contributed by atoms with Crippen LogP contribution >= 0.6 is 0 Å². The summed E-state index contributed by atoms with van der Waals surface area (Å²) in [6, 6.07) is 9.25. The number of nitrogens with zero attached hydrogens (tertiary/aromatic N) is 4. The molecular weight excluding hydrogens is 268 g/mol. The number of benzene rings is 1. The highest BCUT2D eigenvalue weighted by molar-refractivity contribution is 5.91. The number of hydrogen-bond donors (Lipinski definition) is 0. The first kappa shape index (κ1) is 13.2. The van der Waals surface area contributed by atoms with Crippen LogP contribution in [0.4, 0.5) is 0 Å². The van der Waals surface area contributed by atoms with Crippen molar-refractivity contribution in [2.45, 2.75) is 13.5 Å². The molecule has 3 rings (SSSR count). The van der Waals surface area contributed by atoms with Crippen LogP contribution in [0.5, 0.6) is 0 Å². The second-order valence-electron chi connectivity index (χ2n) is 4.87. The third-order valence-corrected chi connectivity index (χ3v) is 3.12. The molecule has 0 aliphatic heterocycles. The maximum absolute atomic E-state index is 12.3. The zero-order valence-corrected chi connectivity index (χ0v) is 11.8. The molecule has 0 radical (unpaired) electrons. The lowest BCUT2D eigenvalue weighted by atomic mass is 10.2. The SMILES string of the molecule is Cc1ccc2nnc(C(=O)N(C)Cc3ccco3)nc2c1. The molecule has 6 nitrogen and oxygen atoms in total. The molecule has 0 aliphatic rings. The third-order valence-electron chi connectivity index (χ3n) is 3.12. The van der Waals surface area contributed by atoms with Gasteiger partial charge in [0.25, 0.3) is 5.91 Å². The molecule has 2 heterocycles. The highest BCUT2D eigenvalue weighted by atomic mass is 16.3. The highest BCUT2D eigenvalue weighted by Gasteiger charge is 2.17. The molecule has 0 aliphatic carbocycles. The van der Waals surface area contributed by atoms with E-state index in [1.54, 1.807) is 19.4 Å². The average molecular weight is 282 g/mol. The van der Waals surface area contributed by atoms with Gasteiger partial charge < -0.3 is 9.32 Å². The van der Waals surface area contributed by atoms with Crippen LogP contribution in [0.25, 0.3) is 11.0 Å². The number of carbonyl (C=O) groups excluding carboxylic acids is 1. The van der Waals surface area contributed by atoms with E-state index in [1.807, 2.05) is 31.2 Å².